The van der Waals surface area contributed by atoms with E-state index in [0.29, 0.717) is 12.8 Å². The number of carbonyl (C=O) groups is 1. The van der Waals surface area contributed by atoms with E-state index in [1.807, 2.05) is 55.5 Å². The number of nitrogens with one attached hydrogen (secondary N) is 1. The number of halogens is 1. The molecule has 3 N–H and O–H groups in total. The third-order valence-electron chi connectivity index (χ3n) is 3.42. The van der Waals surface area contributed by atoms with Crippen molar-refractivity contribution >= 4 is 27.5 Å². The molecule has 1 atom stereocenters. The first-order valence-electron chi connectivity index (χ1n) is 6.94. The van der Waals surface area contributed by atoms with E-state index in [0.717, 1.165) is 21.3 Å². The molecule has 0 spiro atoms. The fourth-order valence-corrected chi connectivity index (χ4v) is 2.42. The first-order valence-corrected chi connectivity index (χ1v) is 7.74. The first kappa shape index (κ1) is 15.6. The van der Waals surface area contributed by atoms with Crippen molar-refractivity contribution in [2.24, 2.45) is 0 Å². The van der Waals surface area contributed by atoms with E-state index in [4.69, 9.17) is 5.73 Å². The van der Waals surface area contributed by atoms with Crippen LogP contribution in [0.2, 0.25) is 0 Å². The molecule has 0 aliphatic rings. The Morgan fingerprint density at radius 3 is 2.52 bits per heavy atom. The summed E-state index contributed by atoms with van der Waals surface area (Å²) in [6.07, 6.45) is 1.10. The number of nitrogens with two attached hydrogens (primary N) is 1. The van der Waals surface area contributed by atoms with Crippen LogP contribution in [-0.2, 0) is 11.2 Å². The van der Waals surface area contributed by atoms with E-state index in [2.05, 4.69) is 21.2 Å². The standard InChI is InChI=1S/C17H19BrN2O/c1-12(13-6-9-15(18)10-7-13)20-17(21)11-8-14-4-2-3-5-16(14)19/h2-7,9-10,12H,8,11,19H2,1H3,(H,20,21)/t12-/m0/s1. The molecule has 1 amide bonds. The number of rotatable bonds is 5. The van der Waals surface area contributed by atoms with Gasteiger partial charge >= 0.3 is 0 Å². The third kappa shape index (κ3) is 4.60. The van der Waals surface area contributed by atoms with Gasteiger partial charge in [0.15, 0.2) is 0 Å². The maximum Gasteiger partial charge on any atom is 0.220 e. The highest BCUT2D eigenvalue weighted by atomic mass is 79.9. The molecule has 0 aliphatic heterocycles. The van der Waals surface area contributed by atoms with Crippen LogP contribution in [0.5, 0.6) is 0 Å². The van der Waals surface area contributed by atoms with E-state index >= 15 is 0 Å². The van der Waals surface area contributed by atoms with Gasteiger partial charge in [0.25, 0.3) is 0 Å². The number of hydrogen-bond acceptors (Lipinski definition) is 2. The topological polar surface area (TPSA) is 55.1 Å². The summed E-state index contributed by atoms with van der Waals surface area (Å²) in [6.45, 7) is 1.98. The fourth-order valence-electron chi connectivity index (χ4n) is 2.16. The summed E-state index contributed by atoms with van der Waals surface area (Å²) in [5, 5.41) is 3.01. The number of aryl methyl sites for hydroxylation is 1. The van der Waals surface area contributed by atoms with Crippen LogP contribution >= 0.6 is 15.9 Å². The summed E-state index contributed by atoms with van der Waals surface area (Å²) >= 11 is 3.40. The normalized spacial score (nSPS) is 11.9. The minimum absolute atomic E-state index is 0.00118. The number of amides is 1. The molecule has 0 saturated carbocycles. The predicted molar refractivity (Wildman–Crippen MR) is 89.9 cm³/mol. The number of nitrogen functional groups attached to an aromatic ring is 1. The van der Waals surface area contributed by atoms with Gasteiger partial charge in [-0.15, -0.1) is 0 Å². The highest BCUT2D eigenvalue weighted by Gasteiger charge is 2.10. The summed E-state index contributed by atoms with van der Waals surface area (Å²) < 4.78 is 1.03. The van der Waals surface area contributed by atoms with Crippen molar-refractivity contribution in [1.29, 1.82) is 0 Å². The Morgan fingerprint density at radius 1 is 1.19 bits per heavy atom. The summed E-state index contributed by atoms with van der Waals surface area (Å²) in [6, 6.07) is 15.6. The van der Waals surface area contributed by atoms with Crippen molar-refractivity contribution in [3.05, 3.63) is 64.1 Å². The highest BCUT2D eigenvalue weighted by Crippen LogP contribution is 2.17. The van der Waals surface area contributed by atoms with Gasteiger partial charge in [-0.25, -0.2) is 0 Å². The van der Waals surface area contributed by atoms with Crippen molar-refractivity contribution in [2.45, 2.75) is 25.8 Å². The Labute approximate surface area is 133 Å². The van der Waals surface area contributed by atoms with Crippen LogP contribution in [0.15, 0.2) is 53.0 Å². The van der Waals surface area contributed by atoms with Crippen molar-refractivity contribution in [3.63, 3.8) is 0 Å². The SMILES string of the molecule is C[C@H](NC(=O)CCc1ccccc1N)c1ccc(Br)cc1. The van der Waals surface area contributed by atoms with Gasteiger partial charge in [-0.1, -0.05) is 46.3 Å². The zero-order valence-electron chi connectivity index (χ0n) is 12.0. The molecule has 21 heavy (non-hydrogen) atoms. The smallest absolute Gasteiger partial charge is 0.220 e. The zero-order valence-corrected chi connectivity index (χ0v) is 13.6. The van der Waals surface area contributed by atoms with Gasteiger partial charge in [0.05, 0.1) is 6.04 Å². The lowest BCUT2D eigenvalue weighted by molar-refractivity contribution is -0.121. The molecule has 2 aromatic carbocycles. The summed E-state index contributed by atoms with van der Waals surface area (Å²) in [7, 11) is 0. The van der Waals surface area contributed by atoms with Crippen molar-refractivity contribution < 1.29 is 4.79 Å². The minimum atomic E-state index is -0.00118. The van der Waals surface area contributed by atoms with Crippen LogP contribution in [0.25, 0.3) is 0 Å². The zero-order chi connectivity index (χ0) is 15.2. The van der Waals surface area contributed by atoms with Crippen LogP contribution in [-0.4, -0.2) is 5.91 Å². The molecule has 3 nitrogen and oxygen atoms in total. The van der Waals surface area contributed by atoms with Gasteiger partial charge in [-0.2, -0.15) is 0 Å². The Balaban J connectivity index is 1.87. The molecule has 2 aromatic rings. The average molecular weight is 347 g/mol. The third-order valence-corrected chi connectivity index (χ3v) is 3.95. The van der Waals surface area contributed by atoms with E-state index in [1.54, 1.807) is 0 Å². The molecular formula is C17H19BrN2O. The van der Waals surface area contributed by atoms with E-state index in [-0.39, 0.29) is 11.9 Å². The van der Waals surface area contributed by atoms with Gasteiger partial charge in [0, 0.05) is 16.6 Å². The van der Waals surface area contributed by atoms with Gasteiger partial charge in [0.2, 0.25) is 5.91 Å². The van der Waals surface area contributed by atoms with Gasteiger partial charge in [-0.3, -0.25) is 4.79 Å². The molecular weight excluding hydrogens is 328 g/mol. The predicted octanol–water partition coefficient (Wildman–Crippen LogP) is 3.84. The second kappa shape index (κ2) is 7.27. The van der Waals surface area contributed by atoms with Crippen LogP contribution in [0, 0.1) is 0 Å². The monoisotopic (exact) mass is 346 g/mol. The average Bonchev–Trinajstić information content (AvgIpc) is 2.47. The van der Waals surface area contributed by atoms with Gasteiger partial charge in [0.1, 0.15) is 0 Å². The number of anilines is 1. The molecule has 0 fully saturated rings. The molecule has 4 heteroatoms. The maximum atomic E-state index is 12.0. The van der Waals surface area contributed by atoms with Crippen LogP contribution < -0.4 is 11.1 Å². The molecule has 110 valence electrons. The van der Waals surface area contributed by atoms with Gasteiger partial charge in [-0.05, 0) is 42.7 Å². The van der Waals surface area contributed by atoms with E-state index in [9.17, 15) is 4.79 Å². The second-order valence-corrected chi connectivity index (χ2v) is 5.96. The molecule has 0 radical (unpaired) electrons. The quantitative estimate of drug-likeness (QED) is 0.808. The number of para-hydroxylation sites is 1. The molecule has 0 saturated heterocycles. The Kier molecular flexibility index (Phi) is 5.39. The molecule has 0 unspecified atom stereocenters. The van der Waals surface area contributed by atoms with Crippen LogP contribution in [0.4, 0.5) is 5.69 Å². The van der Waals surface area contributed by atoms with Crippen molar-refractivity contribution in [1.82, 2.24) is 5.32 Å². The molecule has 0 aliphatic carbocycles. The number of benzene rings is 2. The summed E-state index contributed by atoms with van der Waals surface area (Å²) in [5.41, 5.74) is 8.73. The first-order chi connectivity index (χ1) is 10.1. The number of hydrogen-bond donors (Lipinski definition) is 2. The maximum absolute atomic E-state index is 12.0. The molecule has 0 heterocycles. The lowest BCUT2D eigenvalue weighted by Gasteiger charge is -2.14. The summed E-state index contributed by atoms with van der Waals surface area (Å²) in [5.74, 6) is 0.0358. The van der Waals surface area contributed by atoms with E-state index in [1.165, 1.54) is 0 Å². The largest absolute Gasteiger partial charge is 0.399 e. The molecule has 2 rings (SSSR count). The molecule has 0 aromatic heterocycles. The summed E-state index contributed by atoms with van der Waals surface area (Å²) in [4.78, 5) is 12.0. The lowest BCUT2D eigenvalue weighted by atomic mass is 10.1. The molecule has 0 bridgehead atoms. The minimum Gasteiger partial charge on any atom is -0.399 e. The Bertz CT molecular complexity index is 610. The van der Waals surface area contributed by atoms with Crippen molar-refractivity contribution in [3.8, 4) is 0 Å². The van der Waals surface area contributed by atoms with E-state index < -0.39 is 0 Å². The fraction of sp³-hybridized carbons (Fsp3) is 0.235. The van der Waals surface area contributed by atoms with Gasteiger partial charge < -0.3 is 11.1 Å². The second-order valence-electron chi connectivity index (χ2n) is 5.04. The number of carbonyl (C=O) groups excluding carboxylic acids is 1. The lowest BCUT2D eigenvalue weighted by Crippen LogP contribution is -2.26. The highest BCUT2D eigenvalue weighted by molar-refractivity contribution is 9.10. The van der Waals surface area contributed by atoms with Crippen LogP contribution in [0.3, 0.4) is 0 Å². The Hall–Kier alpha value is -1.81. The Morgan fingerprint density at radius 2 is 1.86 bits per heavy atom. The van der Waals surface area contributed by atoms with Crippen molar-refractivity contribution in [2.75, 3.05) is 5.73 Å². The van der Waals surface area contributed by atoms with Crippen LogP contribution in [0.1, 0.15) is 30.5 Å².